The molecule has 0 saturated carbocycles. The largest absolute Gasteiger partial charge is 0.489 e. The Morgan fingerprint density at radius 1 is 1.08 bits per heavy atom. The average molecular weight is 515 g/mol. The molecule has 2 aromatic heterocycles. The number of hydrogen-bond acceptors (Lipinski definition) is 6. The van der Waals surface area contributed by atoms with E-state index in [-0.39, 0.29) is 16.8 Å². The number of halogens is 1. The van der Waals surface area contributed by atoms with Crippen molar-refractivity contribution in [3.8, 4) is 5.75 Å². The molecule has 3 heterocycles. The fraction of sp³-hybridized carbons (Fsp3) is 0.107. The maximum atomic E-state index is 13.7. The molecule has 5 aromatic rings. The molecule has 0 bridgehead atoms. The highest BCUT2D eigenvalue weighted by molar-refractivity contribution is 7.13. The summed E-state index contributed by atoms with van der Waals surface area (Å²) in [5.74, 6) is 0.306. The quantitative estimate of drug-likeness (QED) is 0.266. The van der Waals surface area contributed by atoms with Gasteiger partial charge in [-0.05, 0) is 47.9 Å². The van der Waals surface area contributed by atoms with Crippen molar-refractivity contribution in [1.29, 1.82) is 0 Å². The third kappa shape index (κ3) is 3.77. The molecule has 1 aliphatic rings. The lowest BCUT2D eigenvalue weighted by Crippen LogP contribution is -2.29. The van der Waals surface area contributed by atoms with Crippen LogP contribution in [0.5, 0.6) is 5.75 Å². The molecule has 36 heavy (non-hydrogen) atoms. The van der Waals surface area contributed by atoms with E-state index in [9.17, 15) is 9.59 Å². The van der Waals surface area contributed by atoms with Gasteiger partial charge in [-0.3, -0.25) is 14.5 Å². The number of amides is 1. The summed E-state index contributed by atoms with van der Waals surface area (Å²) in [6.07, 6.45) is 1.63. The smallest absolute Gasteiger partial charge is 0.297 e. The van der Waals surface area contributed by atoms with Gasteiger partial charge in [0, 0.05) is 16.6 Å². The minimum absolute atomic E-state index is 0.0267. The number of nitrogens with zero attached hydrogens (tertiary/aromatic N) is 2. The number of fused-ring (bicyclic) bond motifs is 2. The summed E-state index contributed by atoms with van der Waals surface area (Å²) < 4.78 is 11.9. The first-order chi connectivity index (χ1) is 17.5. The summed E-state index contributed by atoms with van der Waals surface area (Å²) in [6, 6.07) is 19.9. The van der Waals surface area contributed by atoms with Gasteiger partial charge in [0.25, 0.3) is 5.91 Å². The molecule has 6 nitrogen and oxygen atoms in total. The summed E-state index contributed by atoms with van der Waals surface area (Å²) in [6.45, 7) is 2.26. The van der Waals surface area contributed by atoms with E-state index in [1.807, 2.05) is 61.5 Å². The molecule has 6 rings (SSSR count). The van der Waals surface area contributed by atoms with Crippen molar-refractivity contribution >= 4 is 44.9 Å². The van der Waals surface area contributed by atoms with Crippen LogP contribution in [0.3, 0.4) is 0 Å². The van der Waals surface area contributed by atoms with Crippen molar-refractivity contribution in [1.82, 2.24) is 4.98 Å². The first-order valence-corrected chi connectivity index (χ1v) is 12.5. The zero-order valence-electron chi connectivity index (χ0n) is 19.1. The second-order valence-corrected chi connectivity index (χ2v) is 9.79. The standard InChI is InChI=1S/C28H19ClN2O4S/c1-16-13-22-20(14-21(16)29)25(32)23-24(31(27(33)26(23)35-22)28-30-11-12-36-28)18-7-9-19(10-8-18)34-15-17-5-3-2-4-6-17/h2-14,24H,15H2,1H3. The predicted octanol–water partition coefficient (Wildman–Crippen LogP) is 6.54. The molecule has 0 saturated heterocycles. The number of aromatic nitrogens is 1. The van der Waals surface area contributed by atoms with Gasteiger partial charge in [-0.1, -0.05) is 54.1 Å². The van der Waals surface area contributed by atoms with Crippen LogP contribution in [0.1, 0.15) is 38.9 Å². The monoisotopic (exact) mass is 514 g/mol. The van der Waals surface area contributed by atoms with E-state index in [2.05, 4.69) is 4.98 Å². The van der Waals surface area contributed by atoms with E-state index in [1.54, 1.807) is 23.7 Å². The number of hydrogen-bond donors (Lipinski definition) is 0. The normalized spacial score (nSPS) is 14.9. The van der Waals surface area contributed by atoms with Crippen LogP contribution >= 0.6 is 22.9 Å². The fourth-order valence-electron chi connectivity index (χ4n) is 4.43. The van der Waals surface area contributed by atoms with Crippen molar-refractivity contribution in [3.63, 3.8) is 0 Å². The van der Waals surface area contributed by atoms with Crippen LogP contribution in [0.15, 0.2) is 87.5 Å². The van der Waals surface area contributed by atoms with E-state index in [1.165, 1.54) is 16.2 Å². The van der Waals surface area contributed by atoms with Gasteiger partial charge >= 0.3 is 0 Å². The van der Waals surface area contributed by atoms with Gasteiger partial charge < -0.3 is 9.15 Å². The summed E-state index contributed by atoms with van der Waals surface area (Å²) in [5.41, 5.74) is 2.89. The molecule has 0 radical (unpaired) electrons. The van der Waals surface area contributed by atoms with E-state index >= 15 is 0 Å². The molecule has 1 aliphatic heterocycles. The van der Waals surface area contributed by atoms with Gasteiger partial charge in [-0.15, -0.1) is 11.3 Å². The first-order valence-electron chi connectivity index (χ1n) is 11.3. The second kappa shape index (κ2) is 8.93. The van der Waals surface area contributed by atoms with Crippen LogP contribution in [0.4, 0.5) is 5.13 Å². The van der Waals surface area contributed by atoms with Gasteiger partial charge in [-0.25, -0.2) is 4.98 Å². The predicted molar refractivity (Wildman–Crippen MR) is 140 cm³/mol. The molecule has 0 N–H and O–H groups in total. The van der Waals surface area contributed by atoms with Crippen molar-refractivity contribution in [3.05, 3.63) is 122 Å². The van der Waals surface area contributed by atoms with Crippen LogP contribution in [-0.4, -0.2) is 10.9 Å². The van der Waals surface area contributed by atoms with Gasteiger partial charge in [0.1, 0.15) is 17.9 Å². The molecule has 1 amide bonds. The Morgan fingerprint density at radius 2 is 1.86 bits per heavy atom. The first kappa shape index (κ1) is 22.5. The van der Waals surface area contributed by atoms with Gasteiger partial charge in [0.2, 0.25) is 5.76 Å². The lowest BCUT2D eigenvalue weighted by atomic mass is 9.98. The van der Waals surface area contributed by atoms with Crippen molar-refractivity contribution in [2.45, 2.75) is 19.6 Å². The Hall–Kier alpha value is -3.94. The third-order valence-electron chi connectivity index (χ3n) is 6.22. The summed E-state index contributed by atoms with van der Waals surface area (Å²) >= 11 is 7.64. The minimum atomic E-state index is -0.692. The van der Waals surface area contributed by atoms with E-state index < -0.39 is 11.9 Å². The van der Waals surface area contributed by atoms with E-state index in [4.69, 9.17) is 20.8 Å². The molecule has 0 spiro atoms. The number of anilines is 1. The maximum Gasteiger partial charge on any atom is 0.297 e. The number of ether oxygens (including phenoxy) is 1. The third-order valence-corrected chi connectivity index (χ3v) is 7.40. The Kier molecular flexibility index (Phi) is 5.59. The fourth-order valence-corrected chi connectivity index (χ4v) is 5.26. The average Bonchev–Trinajstić information content (AvgIpc) is 3.52. The summed E-state index contributed by atoms with van der Waals surface area (Å²) in [7, 11) is 0. The summed E-state index contributed by atoms with van der Waals surface area (Å²) in [5, 5.41) is 3.08. The minimum Gasteiger partial charge on any atom is -0.489 e. The molecule has 8 heteroatoms. The van der Waals surface area contributed by atoms with E-state index in [0.29, 0.717) is 33.5 Å². The topological polar surface area (TPSA) is 72.6 Å². The van der Waals surface area contributed by atoms with Gasteiger partial charge in [-0.2, -0.15) is 0 Å². The molecular weight excluding hydrogens is 496 g/mol. The maximum absolute atomic E-state index is 13.7. The molecule has 178 valence electrons. The van der Waals surface area contributed by atoms with Crippen LogP contribution in [-0.2, 0) is 6.61 Å². The van der Waals surface area contributed by atoms with E-state index in [0.717, 1.165) is 16.7 Å². The van der Waals surface area contributed by atoms with Gasteiger partial charge in [0.15, 0.2) is 10.6 Å². The molecule has 0 fully saturated rings. The van der Waals surface area contributed by atoms with Crippen molar-refractivity contribution in [2.75, 3.05) is 4.90 Å². The van der Waals surface area contributed by atoms with Crippen LogP contribution in [0.2, 0.25) is 5.02 Å². The Balaban J connectivity index is 1.44. The molecule has 3 aromatic carbocycles. The zero-order valence-corrected chi connectivity index (χ0v) is 20.7. The zero-order chi connectivity index (χ0) is 24.8. The van der Waals surface area contributed by atoms with Crippen molar-refractivity contribution < 1.29 is 13.9 Å². The highest BCUT2D eigenvalue weighted by atomic mass is 35.5. The lowest BCUT2D eigenvalue weighted by Gasteiger charge is -2.22. The number of thiazole rings is 1. The summed E-state index contributed by atoms with van der Waals surface area (Å²) in [4.78, 5) is 33.1. The molecule has 0 aliphatic carbocycles. The van der Waals surface area contributed by atoms with Crippen LogP contribution in [0.25, 0.3) is 11.0 Å². The highest BCUT2D eigenvalue weighted by Crippen LogP contribution is 2.42. The van der Waals surface area contributed by atoms with Crippen LogP contribution < -0.4 is 15.1 Å². The number of rotatable bonds is 5. The van der Waals surface area contributed by atoms with Crippen LogP contribution in [0, 0.1) is 6.92 Å². The highest BCUT2D eigenvalue weighted by Gasteiger charge is 2.44. The lowest BCUT2D eigenvalue weighted by molar-refractivity contribution is 0.0971. The molecule has 1 atom stereocenters. The Bertz CT molecular complexity index is 1650. The number of carbonyl (C=O) groups is 1. The number of carbonyl (C=O) groups excluding carboxylic acids is 1. The Labute approximate surface area is 215 Å². The number of benzene rings is 3. The SMILES string of the molecule is Cc1cc2oc3c(c(=O)c2cc1Cl)C(c1ccc(OCc2ccccc2)cc1)N(c1nccs1)C3=O. The van der Waals surface area contributed by atoms with Crippen molar-refractivity contribution in [2.24, 2.45) is 0 Å². The number of aryl methyl sites for hydroxylation is 1. The second-order valence-electron chi connectivity index (χ2n) is 8.51. The van der Waals surface area contributed by atoms with Gasteiger partial charge in [0.05, 0.1) is 17.0 Å². The Morgan fingerprint density at radius 3 is 2.58 bits per heavy atom. The molecular formula is C28H19ClN2O4S. The molecule has 1 unspecified atom stereocenters.